The molecule has 2 aromatic rings. The van der Waals surface area contributed by atoms with Crippen molar-refractivity contribution in [2.75, 3.05) is 26.2 Å². The van der Waals surface area contributed by atoms with Crippen LogP contribution in [0, 0.1) is 11.8 Å². The molecule has 2 aliphatic heterocycles. The molecule has 2 atom stereocenters. The Bertz CT molecular complexity index is 1190. The van der Waals surface area contributed by atoms with Gasteiger partial charge in [-0.05, 0) is 36.2 Å². The van der Waals surface area contributed by atoms with Crippen LogP contribution in [0.15, 0.2) is 47.6 Å². The lowest BCUT2D eigenvalue weighted by Gasteiger charge is -2.22. The number of fused-ring (bicyclic) bond motifs is 1. The van der Waals surface area contributed by atoms with Gasteiger partial charge in [0.2, 0.25) is 5.91 Å². The molecule has 0 bridgehead atoms. The highest BCUT2D eigenvalue weighted by molar-refractivity contribution is 7.89. The van der Waals surface area contributed by atoms with Gasteiger partial charge in [0.05, 0.1) is 5.56 Å². The van der Waals surface area contributed by atoms with Gasteiger partial charge in [0, 0.05) is 50.6 Å². The van der Waals surface area contributed by atoms with Crippen molar-refractivity contribution in [3.63, 3.8) is 0 Å². The minimum Gasteiger partial charge on any atom is -0.406 e. The number of aryl methyl sites for hydroxylation is 1. The molecule has 9 nitrogen and oxygen atoms in total. The summed E-state index contributed by atoms with van der Waals surface area (Å²) in [6.45, 7) is 2.00. The van der Waals surface area contributed by atoms with Gasteiger partial charge in [-0.25, -0.2) is 18.5 Å². The van der Waals surface area contributed by atoms with Crippen LogP contribution in [0.2, 0.25) is 0 Å². The first kappa shape index (κ1) is 24.9. The molecule has 0 spiro atoms. The van der Waals surface area contributed by atoms with Crippen molar-refractivity contribution in [1.29, 1.82) is 0 Å². The zero-order chi connectivity index (χ0) is 25.4. The van der Waals surface area contributed by atoms with Gasteiger partial charge in [0.25, 0.3) is 15.9 Å². The molecule has 3 heterocycles. The molecule has 35 heavy (non-hydrogen) atoms. The van der Waals surface area contributed by atoms with Gasteiger partial charge in [-0.3, -0.25) is 9.59 Å². The lowest BCUT2D eigenvalue weighted by molar-refractivity contribution is -0.274. The van der Waals surface area contributed by atoms with Gasteiger partial charge in [-0.2, -0.15) is 0 Å². The number of sulfonamides is 1. The van der Waals surface area contributed by atoms with Crippen molar-refractivity contribution in [3.8, 4) is 5.75 Å². The number of primary sulfonamides is 1. The smallest absolute Gasteiger partial charge is 0.406 e. The van der Waals surface area contributed by atoms with E-state index in [2.05, 4.69) is 9.72 Å². The van der Waals surface area contributed by atoms with Crippen molar-refractivity contribution in [3.05, 3.63) is 53.7 Å². The summed E-state index contributed by atoms with van der Waals surface area (Å²) < 4.78 is 63.2. The molecule has 2 fully saturated rings. The molecule has 0 saturated carbocycles. The molecule has 0 aliphatic carbocycles. The number of nitrogens with two attached hydrogens (primary N) is 1. The Kier molecular flexibility index (Phi) is 6.73. The van der Waals surface area contributed by atoms with Crippen molar-refractivity contribution >= 4 is 21.8 Å². The summed E-state index contributed by atoms with van der Waals surface area (Å²) in [5, 5.41) is 4.71. The number of benzene rings is 1. The third-order valence-electron chi connectivity index (χ3n) is 6.19. The average Bonchev–Trinajstić information content (AvgIpc) is 3.36. The molecule has 13 heteroatoms. The normalized spacial score (nSPS) is 20.1. The monoisotopic (exact) mass is 512 g/mol. The molecule has 0 unspecified atom stereocenters. The van der Waals surface area contributed by atoms with E-state index in [9.17, 15) is 31.2 Å². The molecule has 0 radical (unpaired) electrons. The fourth-order valence-corrected chi connectivity index (χ4v) is 4.94. The number of nitrogens with zero attached hydrogens (tertiary/aromatic N) is 3. The maximum absolute atomic E-state index is 12.8. The largest absolute Gasteiger partial charge is 0.573 e. The summed E-state index contributed by atoms with van der Waals surface area (Å²) in [4.78, 5) is 32.6. The number of aromatic nitrogens is 1. The van der Waals surface area contributed by atoms with E-state index in [1.165, 1.54) is 42.6 Å². The van der Waals surface area contributed by atoms with Crippen molar-refractivity contribution in [2.24, 2.45) is 17.0 Å². The van der Waals surface area contributed by atoms with E-state index >= 15 is 0 Å². The Hall–Kier alpha value is -3.19. The van der Waals surface area contributed by atoms with E-state index < -0.39 is 16.4 Å². The average molecular weight is 513 g/mol. The first-order valence-electron chi connectivity index (χ1n) is 10.8. The fraction of sp³-hybridized carbons (Fsp3) is 0.409. The van der Waals surface area contributed by atoms with E-state index in [1.54, 1.807) is 9.80 Å². The fourth-order valence-electron chi connectivity index (χ4n) is 4.49. The molecule has 4 rings (SSSR count). The van der Waals surface area contributed by atoms with Crippen LogP contribution in [-0.2, 0) is 21.2 Å². The summed E-state index contributed by atoms with van der Waals surface area (Å²) in [5.74, 6) is -0.341. The Balaban J connectivity index is 1.26. The van der Waals surface area contributed by atoms with E-state index in [-0.39, 0.29) is 46.4 Å². The van der Waals surface area contributed by atoms with Gasteiger partial charge >= 0.3 is 6.36 Å². The summed E-state index contributed by atoms with van der Waals surface area (Å²) in [6, 6.07) is 8.01. The number of halogens is 3. The van der Waals surface area contributed by atoms with Crippen molar-refractivity contribution < 1.29 is 35.9 Å². The Morgan fingerprint density at radius 1 is 1.00 bits per heavy atom. The predicted molar refractivity (Wildman–Crippen MR) is 117 cm³/mol. The summed E-state index contributed by atoms with van der Waals surface area (Å²) >= 11 is 0. The van der Waals surface area contributed by atoms with Crippen LogP contribution in [0.5, 0.6) is 5.75 Å². The van der Waals surface area contributed by atoms with Crippen LogP contribution < -0.4 is 9.88 Å². The number of amides is 2. The maximum Gasteiger partial charge on any atom is 0.573 e. The number of carbonyl (C=O) groups excluding carboxylic acids is 2. The minimum atomic E-state index is -4.75. The van der Waals surface area contributed by atoms with Crippen molar-refractivity contribution in [2.45, 2.75) is 24.2 Å². The second-order valence-electron chi connectivity index (χ2n) is 8.65. The summed E-state index contributed by atoms with van der Waals surface area (Å²) in [5.41, 5.74) is 0.989. The SMILES string of the molecule is NS(=O)(=O)c1ccc(C(=O)N2C[C@@H]3CN(C(=O)CCc4ccc(OC(F)(F)F)cc4)C[C@H]3C2)cn1. The third kappa shape index (κ3) is 6.09. The topological polar surface area (TPSA) is 123 Å². The van der Waals surface area contributed by atoms with Gasteiger partial charge in [0.1, 0.15) is 5.75 Å². The molecule has 2 N–H and O–H groups in total. The van der Waals surface area contributed by atoms with Crippen LogP contribution >= 0.6 is 0 Å². The van der Waals surface area contributed by atoms with Crippen LogP contribution in [0.1, 0.15) is 22.3 Å². The molecule has 2 aliphatic rings. The van der Waals surface area contributed by atoms with Crippen molar-refractivity contribution in [1.82, 2.24) is 14.8 Å². The number of carbonyl (C=O) groups is 2. The zero-order valence-corrected chi connectivity index (χ0v) is 19.3. The Morgan fingerprint density at radius 2 is 1.60 bits per heavy atom. The van der Waals surface area contributed by atoms with Crippen LogP contribution in [0.25, 0.3) is 0 Å². The molecular weight excluding hydrogens is 489 g/mol. The molecule has 2 amide bonds. The minimum absolute atomic E-state index is 0.0457. The highest BCUT2D eigenvalue weighted by Gasteiger charge is 2.43. The third-order valence-corrected chi connectivity index (χ3v) is 7.01. The number of rotatable bonds is 6. The highest BCUT2D eigenvalue weighted by atomic mass is 32.2. The van der Waals surface area contributed by atoms with Gasteiger partial charge < -0.3 is 14.5 Å². The first-order chi connectivity index (χ1) is 16.4. The van der Waals surface area contributed by atoms with Crippen LogP contribution in [0.4, 0.5) is 13.2 Å². The summed E-state index contributed by atoms with van der Waals surface area (Å²) in [6.07, 6.45) is -2.94. The van der Waals surface area contributed by atoms with E-state index in [0.29, 0.717) is 32.6 Å². The lowest BCUT2D eigenvalue weighted by atomic mass is 10.0. The standard InChI is InChI=1S/C22H23F3N4O5S/c23-22(24,25)34-18-5-1-14(2-6-18)3-8-20(30)28-10-16-12-29(13-17(16)11-28)21(31)15-4-7-19(27-9-15)35(26,32)33/h1-2,4-7,9,16-17H,3,8,10-13H2,(H2,26,32,33)/t16-,17-/m0/s1. The number of hydrogen-bond donors (Lipinski definition) is 1. The molecule has 2 saturated heterocycles. The first-order valence-corrected chi connectivity index (χ1v) is 12.3. The number of hydrogen-bond acceptors (Lipinski definition) is 6. The van der Waals surface area contributed by atoms with E-state index in [1.807, 2.05) is 0 Å². The van der Waals surface area contributed by atoms with Gasteiger partial charge in [-0.1, -0.05) is 12.1 Å². The Morgan fingerprint density at radius 3 is 2.11 bits per heavy atom. The zero-order valence-electron chi connectivity index (χ0n) is 18.4. The highest BCUT2D eigenvalue weighted by Crippen LogP contribution is 2.32. The number of pyridine rings is 1. The lowest BCUT2D eigenvalue weighted by Crippen LogP contribution is -2.35. The quantitative estimate of drug-likeness (QED) is 0.630. The van der Waals surface area contributed by atoms with Gasteiger partial charge in [-0.15, -0.1) is 13.2 Å². The number of alkyl halides is 3. The van der Waals surface area contributed by atoms with Gasteiger partial charge in [0.15, 0.2) is 5.03 Å². The molecular formula is C22H23F3N4O5S. The molecule has 1 aromatic heterocycles. The number of ether oxygens (including phenoxy) is 1. The van der Waals surface area contributed by atoms with E-state index in [4.69, 9.17) is 5.14 Å². The summed E-state index contributed by atoms with van der Waals surface area (Å²) in [7, 11) is -3.94. The Labute approximate surface area is 199 Å². The number of likely N-dealkylation sites (tertiary alicyclic amines) is 2. The second-order valence-corrected chi connectivity index (χ2v) is 10.2. The molecule has 188 valence electrons. The molecule has 1 aromatic carbocycles. The predicted octanol–water partition coefficient (Wildman–Crippen LogP) is 1.79. The van der Waals surface area contributed by atoms with Crippen LogP contribution in [-0.4, -0.2) is 67.6 Å². The van der Waals surface area contributed by atoms with Crippen LogP contribution in [0.3, 0.4) is 0 Å². The second kappa shape index (κ2) is 9.46. The van der Waals surface area contributed by atoms with E-state index in [0.717, 1.165) is 5.56 Å². The maximum atomic E-state index is 12.8.